The molecule has 1 aliphatic heterocycles. The molecule has 34 heavy (non-hydrogen) atoms. The molecule has 7 nitrogen and oxygen atoms in total. The first-order valence-electron chi connectivity index (χ1n) is 11.9. The van der Waals surface area contributed by atoms with E-state index in [2.05, 4.69) is 17.3 Å². The lowest BCUT2D eigenvalue weighted by atomic mass is 9.83. The maximum Gasteiger partial charge on any atom is 0.229 e. The van der Waals surface area contributed by atoms with Gasteiger partial charge in [0.1, 0.15) is 5.75 Å². The normalized spacial score (nSPS) is 18.1. The van der Waals surface area contributed by atoms with Crippen molar-refractivity contribution in [2.45, 2.75) is 45.6 Å². The quantitative estimate of drug-likeness (QED) is 0.518. The number of rotatable bonds is 8. The number of amides is 2. The molecule has 2 amide bonds. The molecule has 1 saturated heterocycles. The van der Waals surface area contributed by atoms with Crippen LogP contribution in [0.4, 0.5) is 5.69 Å². The molecule has 2 aromatic carbocycles. The monoisotopic (exact) mass is 460 g/mol. The van der Waals surface area contributed by atoms with E-state index >= 15 is 0 Å². The Labute approximate surface area is 200 Å². The van der Waals surface area contributed by atoms with E-state index in [9.17, 15) is 9.59 Å². The summed E-state index contributed by atoms with van der Waals surface area (Å²) in [5, 5.41) is 7.46. The Balaban J connectivity index is 1.65. The number of unbranched alkanes of at least 4 members (excludes halogenated alkanes) is 1. The van der Waals surface area contributed by atoms with Crippen LogP contribution in [0.3, 0.4) is 0 Å². The number of aryl methyl sites for hydroxylation is 1. The molecule has 178 valence electrons. The molecule has 4 rings (SSSR count). The SMILES string of the molecule is CCCCN1C(=O)CCC(C(=O)Nc2cccc(-n3nccc3C)c2)C1c1ccccc1OC. The molecule has 0 aliphatic carbocycles. The number of carbonyl (C=O) groups excluding carboxylic acids is 2. The summed E-state index contributed by atoms with van der Waals surface area (Å²) in [5.41, 5.74) is 3.46. The van der Waals surface area contributed by atoms with Crippen molar-refractivity contribution in [2.24, 2.45) is 5.92 Å². The number of benzene rings is 2. The van der Waals surface area contributed by atoms with Crippen molar-refractivity contribution < 1.29 is 14.3 Å². The van der Waals surface area contributed by atoms with Crippen molar-refractivity contribution in [3.63, 3.8) is 0 Å². The van der Waals surface area contributed by atoms with Crippen LogP contribution in [0.15, 0.2) is 60.8 Å². The number of anilines is 1. The second kappa shape index (κ2) is 10.5. The van der Waals surface area contributed by atoms with Crippen LogP contribution in [-0.2, 0) is 9.59 Å². The molecule has 0 bridgehead atoms. The number of methoxy groups -OCH3 is 1. The van der Waals surface area contributed by atoms with Gasteiger partial charge in [-0.25, -0.2) is 4.68 Å². The molecule has 0 spiro atoms. The molecule has 1 aromatic heterocycles. The van der Waals surface area contributed by atoms with Crippen molar-refractivity contribution in [3.05, 3.63) is 72.1 Å². The van der Waals surface area contributed by atoms with E-state index < -0.39 is 0 Å². The molecule has 3 aromatic rings. The van der Waals surface area contributed by atoms with Gasteiger partial charge >= 0.3 is 0 Å². The summed E-state index contributed by atoms with van der Waals surface area (Å²) < 4.78 is 7.45. The van der Waals surface area contributed by atoms with E-state index in [4.69, 9.17) is 4.74 Å². The van der Waals surface area contributed by atoms with Gasteiger partial charge in [0.25, 0.3) is 0 Å². The highest BCUT2D eigenvalue weighted by Gasteiger charge is 2.41. The molecule has 2 unspecified atom stereocenters. The summed E-state index contributed by atoms with van der Waals surface area (Å²) in [6.45, 7) is 4.71. The highest BCUT2D eigenvalue weighted by atomic mass is 16.5. The lowest BCUT2D eigenvalue weighted by Gasteiger charge is -2.41. The zero-order valence-electron chi connectivity index (χ0n) is 20.0. The number of aromatic nitrogens is 2. The van der Waals surface area contributed by atoms with Gasteiger partial charge < -0.3 is 15.0 Å². The smallest absolute Gasteiger partial charge is 0.229 e. The number of hydrogen-bond acceptors (Lipinski definition) is 4. The molecule has 1 fully saturated rings. The number of nitrogens with zero attached hydrogens (tertiary/aromatic N) is 3. The average Bonchev–Trinajstić information content (AvgIpc) is 3.29. The summed E-state index contributed by atoms with van der Waals surface area (Å²) in [6, 6.07) is 16.9. The molecular formula is C27H32N4O3. The van der Waals surface area contributed by atoms with Crippen LogP contribution in [0.1, 0.15) is 49.9 Å². The Kier molecular flexibility index (Phi) is 7.30. The van der Waals surface area contributed by atoms with Crippen molar-refractivity contribution in [2.75, 3.05) is 19.0 Å². The number of ether oxygens (including phenoxy) is 1. The van der Waals surface area contributed by atoms with Gasteiger partial charge in [0.2, 0.25) is 11.8 Å². The highest BCUT2D eigenvalue weighted by molar-refractivity contribution is 5.95. The maximum absolute atomic E-state index is 13.6. The van der Waals surface area contributed by atoms with Crippen molar-refractivity contribution >= 4 is 17.5 Å². The van der Waals surface area contributed by atoms with E-state index in [1.165, 1.54) is 0 Å². The number of likely N-dealkylation sites (tertiary alicyclic amines) is 1. The van der Waals surface area contributed by atoms with Crippen molar-refractivity contribution in [3.8, 4) is 11.4 Å². The lowest BCUT2D eigenvalue weighted by Crippen LogP contribution is -2.47. The van der Waals surface area contributed by atoms with Crippen molar-refractivity contribution in [1.82, 2.24) is 14.7 Å². The number of hydrogen-bond donors (Lipinski definition) is 1. The number of nitrogens with one attached hydrogen (secondary N) is 1. The van der Waals surface area contributed by atoms with E-state index in [0.717, 1.165) is 29.8 Å². The van der Waals surface area contributed by atoms with E-state index in [0.29, 0.717) is 30.8 Å². The zero-order valence-corrected chi connectivity index (χ0v) is 20.0. The molecular weight excluding hydrogens is 428 g/mol. The summed E-state index contributed by atoms with van der Waals surface area (Å²) in [7, 11) is 1.62. The van der Waals surface area contributed by atoms with Crippen LogP contribution in [0.25, 0.3) is 5.69 Å². The fourth-order valence-electron chi connectivity index (χ4n) is 4.71. The number of para-hydroxylation sites is 1. The summed E-state index contributed by atoms with van der Waals surface area (Å²) >= 11 is 0. The van der Waals surface area contributed by atoms with Gasteiger partial charge in [-0.3, -0.25) is 9.59 Å². The van der Waals surface area contributed by atoms with Crippen LogP contribution in [0, 0.1) is 12.8 Å². The molecule has 0 saturated carbocycles. The standard InChI is InChI=1S/C27H32N4O3/c1-4-5-17-30-25(32)14-13-23(26(30)22-11-6-7-12-24(22)34-3)27(33)29-20-9-8-10-21(18-20)31-19(2)15-16-28-31/h6-12,15-16,18,23,26H,4-5,13-14,17H2,1-3H3,(H,29,33). The van der Waals surface area contributed by atoms with Crippen LogP contribution in [0.5, 0.6) is 5.75 Å². The Bertz CT molecular complexity index is 1160. The Hall–Kier alpha value is -3.61. The minimum atomic E-state index is -0.388. The first-order valence-corrected chi connectivity index (χ1v) is 11.9. The minimum absolute atomic E-state index is 0.0876. The summed E-state index contributed by atoms with van der Waals surface area (Å²) in [6.07, 6.45) is 4.46. The average molecular weight is 461 g/mol. The molecule has 2 atom stereocenters. The van der Waals surface area contributed by atoms with E-state index in [1.807, 2.05) is 71.1 Å². The second-order valence-electron chi connectivity index (χ2n) is 8.70. The number of carbonyl (C=O) groups is 2. The third-order valence-corrected chi connectivity index (χ3v) is 6.44. The Morgan fingerprint density at radius 3 is 2.74 bits per heavy atom. The number of piperidine rings is 1. The van der Waals surface area contributed by atoms with Gasteiger partial charge in [-0.15, -0.1) is 0 Å². The fraction of sp³-hybridized carbons (Fsp3) is 0.370. The third-order valence-electron chi connectivity index (χ3n) is 6.44. The van der Waals surface area contributed by atoms with Gasteiger partial charge in [0, 0.05) is 36.1 Å². The first kappa shape index (κ1) is 23.5. The van der Waals surface area contributed by atoms with Gasteiger partial charge in [0.05, 0.1) is 24.8 Å². The fourth-order valence-corrected chi connectivity index (χ4v) is 4.71. The minimum Gasteiger partial charge on any atom is -0.496 e. The Morgan fingerprint density at radius 2 is 2.00 bits per heavy atom. The molecule has 1 aliphatic rings. The van der Waals surface area contributed by atoms with Gasteiger partial charge in [0.15, 0.2) is 0 Å². The zero-order chi connectivity index (χ0) is 24.1. The van der Waals surface area contributed by atoms with Gasteiger partial charge in [-0.05, 0) is 50.1 Å². The topological polar surface area (TPSA) is 76.5 Å². The van der Waals surface area contributed by atoms with E-state index in [-0.39, 0.29) is 23.8 Å². The molecule has 2 heterocycles. The molecule has 0 radical (unpaired) electrons. The highest BCUT2D eigenvalue weighted by Crippen LogP contribution is 2.41. The predicted octanol–water partition coefficient (Wildman–Crippen LogP) is 4.91. The summed E-state index contributed by atoms with van der Waals surface area (Å²) in [4.78, 5) is 28.5. The molecule has 1 N–H and O–H groups in total. The molecule has 7 heteroatoms. The largest absolute Gasteiger partial charge is 0.496 e. The van der Waals surface area contributed by atoms with Crippen molar-refractivity contribution in [1.29, 1.82) is 0 Å². The van der Waals surface area contributed by atoms with Crippen LogP contribution in [-0.4, -0.2) is 40.1 Å². The summed E-state index contributed by atoms with van der Waals surface area (Å²) in [5.74, 6) is 0.294. The van der Waals surface area contributed by atoms with Gasteiger partial charge in [-0.1, -0.05) is 37.6 Å². The maximum atomic E-state index is 13.6. The van der Waals surface area contributed by atoms with Gasteiger partial charge in [-0.2, -0.15) is 5.10 Å². The lowest BCUT2D eigenvalue weighted by molar-refractivity contribution is -0.142. The Morgan fingerprint density at radius 1 is 1.18 bits per heavy atom. The van der Waals surface area contributed by atoms with E-state index in [1.54, 1.807) is 13.3 Å². The van der Waals surface area contributed by atoms with Crippen LogP contribution < -0.4 is 10.1 Å². The van der Waals surface area contributed by atoms with Crippen LogP contribution in [0.2, 0.25) is 0 Å². The third kappa shape index (κ3) is 4.83. The first-order chi connectivity index (χ1) is 16.5. The predicted molar refractivity (Wildman–Crippen MR) is 132 cm³/mol. The van der Waals surface area contributed by atoms with Crippen LogP contribution >= 0.6 is 0 Å². The second-order valence-corrected chi connectivity index (χ2v) is 8.70.